The van der Waals surface area contributed by atoms with E-state index < -0.39 is 10.0 Å². The van der Waals surface area contributed by atoms with Crippen molar-refractivity contribution in [1.82, 2.24) is 10.0 Å². The fourth-order valence-corrected chi connectivity index (χ4v) is 6.05. The first kappa shape index (κ1) is 16.5. The summed E-state index contributed by atoms with van der Waals surface area (Å²) in [6, 6.07) is -0.562. The minimum absolute atomic E-state index is 0.0706. The van der Waals surface area contributed by atoms with Crippen molar-refractivity contribution < 1.29 is 17.9 Å². The quantitative estimate of drug-likeness (QED) is 0.830. The summed E-state index contributed by atoms with van der Waals surface area (Å²) >= 11 is 1.51. The van der Waals surface area contributed by atoms with Crippen LogP contribution in [0.5, 0.6) is 0 Å². The standard InChI is InChI=1S/C16H22N2O4S2/c1-24(20,21)18-13-12(11-6-7-22-14(11)13)17-16(19)15-10-5-3-2-4-9(10)8-23-15/h8,11-14,18H,2-7H2,1H3,(H,17,19)/t11-,12+,13-,14-/m1/s1. The topological polar surface area (TPSA) is 84.5 Å². The summed E-state index contributed by atoms with van der Waals surface area (Å²) in [6.07, 6.45) is 6.22. The number of hydrogen-bond acceptors (Lipinski definition) is 5. The van der Waals surface area contributed by atoms with Gasteiger partial charge in [0.15, 0.2) is 0 Å². The van der Waals surface area contributed by atoms with E-state index in [0.29, 0.717) is 6.61 Å². The minimum Gasteiger partial charge on any atom is -0.376 e. The summed E-state index contributed by atoms with van der Waals surface area (Å²) in [4.78, 5) is 13.6. The van der Waals surface area contributed by atoms with Gasteiger partial charge in [-0.05, 0) is 48.6 Å². The van der Waals surface area contributed by atoms with Gasteiger partial charge < -0.3 is 10.1 Å². The molecule has 3 aliphatic rings. The number of amides is 1. The number of hydrogen-bond donors (Lipinski definition) is 2. The van der Waals surface area contributed by atoms with Crippen LogP contribution >= 0.6 is 11.3 Å². The normalized spacial score (nSPS) is 31.9. The molecule has 2 aliphatic carbocycles. The first-order chi connectivity index (χ1) is 11.4. The van der Waals surface area contributed by atoms with Gasteiger partial charge in [0.25, 0.3) is 5.91 Å². The molecule has 0 unspecified atom stereocenters. The maximum absolute atomic E-state index is 12.8. The van der Waals surface area contributed by atoms with E-state index in [1.807, 2.05) is 0 Å². The van der Waals surface area contributed by atoms with Gasteiger partial charge in [-0.3, -0.25) is 4.79 Å². The average Bonchev–Trinajstić information content (AvgIpc) is 3.14. The second kappa shape index (κ2) is 6.09. The number of nitrogens with one attached hydrogen (secondary N) is 2. The monoisotopic (exact) mass is 370 g/mol. The van der Waals surface area contributed by atoms with Gasteiger partial charge in [-0.1, -0.05) is 0 Å². The molecule has 2 heterocycles. The fraction of sp³-hybridized carbons (Fsp3) is 0.688. The van der Waals surface area contributed by atoms with Crippen molar-refractivity contribution in [1.29, 1.82) is 0 Å². The third-order valence-electron chi connectivity index (χ3n) is 5.34. The van der Waals surface area contributed by atoms with Crippen LogP contribution in [0, 0.1) is 5.92 Å². The summed E-state index contributed by atoms with van der Waals surface area (Å²) in [5.41, 5.74) is 2.49. The van der Waals surface area contributed by atoms with Crippen LogP contribution in [-0.2, 0) is 27.6 Å². The summed E-state index contributed by atoms with van der Waals surface area (Å²) in [7, 11) is -3.34. The zero-order chi connectivity index (χ0) is 16.9. The van der Waals surface area contributed by atoms with Gasteiger partial charge in [0.2, 0.25) is 10.0 Å². The highest BCUT2D eigenvalue weighted by Gasteiger charge is 2.55. The maximum atomic E-state index is 12.8. The van der Waals surface area contributed by atoms with Crippen molar-refractivity contribution in [2.75, 3.05) is 12.9 Å². The average molecular weight is 370 g/mol. The van der Waals surface area contributed by atoms with Gasteiger partial charge in [-0.15, -0.1) is 11.3 Å². The zero-order valence-electron chi connectivity index (χ0n) is 13.6. The molecule has 0 radical (unpaired) electrons. The molecule has 1 saturated carbocycles. The molecule has 1 amide bonds. The van der Waals surface area contributed by atoms with Gasteiger partial charge in [0, 0.05) is 12.5 Å². The van der Waals surface area contributed by atoms with Crippen molar-refractivity contribution in [3.8, 4) is 0 Å². The molecule has 1 aromatic rings. The Balaban J connectivity index is 1.51. The largest absolute Gasteiger partial charge is 0.376 e. The summed E-state index contributed by atoms with van der Waals surface area (Å²) in [5.74, 6) is 0.128. The first-order valence-electron chi connectivity index (χ1n) is 8.43. The lowest BCUT2D eigenvalue weighted by molar-refractivity contribution is -0.0193. The third-order valence-corrected chi connectivity index (χ3v) is 7.11. The number of thiophene rings is 1. The van der Waals surface area contributed by atoms with Crippen LogP contribution in [0.25, 0.3) is 0 Å². The van der Waals surface area contributed by atoms with E-state index in [1.165, 1.54) is 28.9 Å². The Morgan fingerprint density at radius 1 is 1.29 bits per heavy atom. The van der Waals surface area contributed by atoms with E-state index in [9.17, 15) is 13.2 Å². The Hall–Kier alpha value is -0.960. The molecule has 8 heteroatoms. The number of carbonyl (C=O) groups is 1. The van der Waals surface area contributed by atoms with Crippen LogP contribution in [0.2, 0.25) is 0 Å². The molecule has 24 heavy (non-hydrogen) atoms. The molecule has 0 bridgehead atoms. The molecule has 2 fully saturated rings. The van der Waals surface area contributed by atoms with Crippen molar-refractivity contribution in [3.05, 3.63) is 21.4 Å². The van der Waals surface area contributed by atoms with Crippen LogP contribution in [-0.4, -0.2) is 45.4 Å². The summed E-state index contributed by atoms with van der Waals surface area (Å²) < 4.78 is 31.4. The molecule has 1 aromatic heterocycles. The van der Waals surface area contributed by atoms with E-state index in [0.717, 1.165) is 36.8 Å². The van der Waals surface area contributed by atoms with Crippen molar-refractivity contribution in [3.63, 3.8) is 0 Å². The van der Waals surface area contributed by atoms with Crippen LogP contribution in [0.4, 0.5) is 0 Å². The van der Waals surface area contributed by atoms with Crippen LogP contribution in [0.3, 0.4) is 0 Å². The lowest BCUT2D eigenvalue weighted by Crippen LogP contribution is -2.70. The highest BCUT2D eigenvalue weighted by molar-refractivity contribution is 7.88. The summed E-state index contributed by atoms with van der Waals surface area (Å²) in [5, 5.41) is 5.17. The van der Waals surface area contributed by atoms with E-state index in [1.54, 1.807) is 0 Å². The van der Waals surface area contributed by atoms with E-state index in [-0.39, 0.29) is 30.0 Å². The molecule has 4 rings (SSSR count). The van der Waals surface area contributed by atoms with Gasteiger partial charge in [0.05, 0.1) is 29.3 Å². The highest BCUT2D eigenvalue weighted by atomic mass is 32.2. The Morgan fingerprint density at radius 3 is 2.88 bits per heavy atom. The molecule has 6 nitrogen and oxygen atoms in total. The van der Waals surface area contributed by atoms with E-state index in [2.05, 4.69) is 15.4 Å². The molecule has 2 N–H and O–H groups in total. The van der Waals surface area contributed by atoms with Crippen molar-refractivity contribution >= 4 is 27.3 Å². The second-order valence-electron chi connectivity index (χ2n) is 6.98. The second-order valence-corrected chi connectivity index (χ2v) is 9.64. The Bertz CT molecular complexity index is 758. The number of carbonyl (C=O) groups excluding carboxylic acids is 1. The lowest BCUT2D eigenvalue weighted by atomic mass is 9.72. The van der Waals surface area contributed by atoms with Gasteiger partial charge in [-0.25, -0.2) is 13.1 Å². The van der Waals surface area contributed by atoms with Gasteiger partial charge in [0.1, 0.15) is 0 Å². The molecule has 4 atom stereocenters. The third kappa shape index (κ3) is 2.89. The molecular formula is C16H22N2O4S2. The molecule has 132 valence electrons. The predicted octanol–water partition coefficient (Wildman–Crippen LogP) is 1.06. The van der Waals surface area contributed by atoms with E-state index in [4.69, 9.17) is 4.74 Å². The molecule has 1 aliphatic heterocycles. The maximum Gasteiger partial charge on any atom is 0.261 e. The van der Waals surface area contributed by atoms with Crippen molar-refractivity contribution in [2.45, 2.75) is 50.3 Å². The zero-order valence-corrected chi connectivity index (χ0v) is 15.2. The molecule has 0 aromatic carbocycles. The number of sulfonamides is 1. The summed E-state index contributed by atoms with van der Waals surface area (Å²) in [6.45, 7) is 0.623. The Labute approximate surface area is 146 Å². The van der Waals surface area contributed by atoms with Crippen molar-refractivity contribution in [2.24, 2.45) is 5.92 Å². The number of rotatable bonds is 4. The van der Waals surface area contributed by atoms with Crippen LogP contribution < -0.4 is 10.0 Å². The SMILES string of the molecule is CS(=O)(=O)N[C@@H]1[C@@H](NC(=O)c2scc3c2CCCC3)[C@H]2CCO[C@H]21. The lowest BCUT2D eigenvalue weighted by Gasteiger charge is -2.47. The van der Waals surface area contributed by atoms with E-state index >= 15 is 0 Å². The number of aryl methyl sites for hydroxylation is 1. The van der Waals surface area contributed by atoms with Crippen LogP contribution in [0.15, 0.2) is 5.38 Å². The molecular weight excluding hydrogens is 348 g/mol. The smallest absolute Gasteiger partial charge is 0.261 e. The highest BCUT2D eigenvalue weighted by Crippen LogP contribution is 2.40. The first-order valence-corrected chi connectivity index (χ1v) is 11.2. The molecule has 1 saturated heterocycles. The molecule has 0 spiro atoms. The number of ether oxygens (including phenoxy) is 1. The van der Waals surface area contributed by atoms with Gasteiger partial charge in [-0.2, -0.15) is 0 Å². The number of fused-ring (bicyclic) bond motifs is 2. The minimum atomic E-state index is -3.34. The fourth-order valence-electron chi connectivity index (χ4n) is 4.22. The Morgan fingerprint density at radius 2 is 2.08 bits per heavy atom. The van der Waals surface area contributed by atoms with Crippen LogP contribution in [0.1, 0.15) is 40.1 Å². The Kier molecular flexibility index (Phi) is 4.19. The predicted molar refractivity (Wildman–Crippen MR) is 91.8 cm³/mol. The van der Waals surface area contributed by atoms with Gasteiger partial charge >= 0.3 is 0 Å².